The third kappa shape index (κ3) is 1.56. The van der Waals surface area contributed by atoms with E-state index in [2.05, 4.69) is 0 Å². The Bertz CT molecular complexity index is 442. The number of nitrogens with zero attached hydrogens (tertiary/aromatic N) is 1. The third-order valence-electron chi connectivity index (χ3n) is 2.94. The zero-order valence-electron chi connectivity index (χ0n) is 9.14. The molecule has 1 atom stereocenters. The summed E-state index contributed by atoms with van der Waals surface area (Å²) in [5.74, 6) is -0.537. The smallest absolute Gasteiger partial charge is 0.255 e. The molecule has 0 aromatic heterocycles. The minimum Gasteiger partial charge on any atom is -0.368 e. The zero-order valence-corrected chi connectivity index (χ0v) is 9.14. The van der Waals surface area contributed by atoms with Crippen LogP contribution >= 0.6 is 0 Å². The van der Waals surface area contributed by atoms with Gasteiger partial charge in [0, 0.05) is 12.1 Å². The number of carbonyl (C=O) groups excluding carboxylic acids is 2. The summed E-state index contributed by atoms with van der Waals surface area (Å²) in [5, 5.41) is 0. The van der Waals surface area contributed by atoms with Gasteiger partial charge in [-0.15, -0.1) is 0 Å². The summed E-state index contributed by atoms with van der Waals surface area (Å²) in [6.45, 7) is 2.34. The van der Waals surface area contributed by atoms with Crippen molar-refractivity contribution in [3.05, 3.63) is 35.4 Å². The van der Waals surface area contributed by atoms with Gasteiger partial charge in [-0.1, -0.05) is 25.1 Å². The maximum atomic E-state index is 12.0. The van der Waals surface area contributed by atoms with Crippen LogP contribution in [0.3, 0.4) is 0 Å². The lowest BCUT2D eigenvalue weighted by Gasteiger charge is -2.23. The largest absolute Gasteiger partial charge is 0.368 e. The molecule has 1 aromatic carbocycles. The lowest BCUT2D eigenvalue weighted by Crippen LogP contribution is -2.44. The van der Waals surface area contributed by atoms with Gasteiger partial charge in [-0.05, 0) is 18.1 Å². The predicted octanol–water partition coefficient (Wildman–Crippen LogP) is 0.906. The number of hydrogen-bond acceptors (Lipinski definition) is 2. The highest BCUT2D eigenvalue weighted by Gasteiger charge is 2.33. The number of nitrogens with two attached hydrogens (primary N) is 1. The first-order valence-electron chi connectivity index (χ1n) is 5.33. The van der Waals surface area contributed by atoms with E-state index in [9.17, 15) is 9.59 Å². The third-order valence-corrected chi connectivity index (χ3v) is 2.94. The van der Waals surface area contributed by atoms with E-state index in [1.807, 2.05) is 25.1 Å². The predicted molar refractivity (Wildman–Crippen MR) is 59.6 cm³/mol. The van der Waals surface area contributed by atoms with E-state index in [1.165, 1.54) is 0 Å². The summed E-state index contributed by atoms with van der Waals surface area (Å²) in [7, 11) is 0. The highest BCUT2D eigenvalue weighted by Crippen LogP contribution is 2.25. The van der Waals surface area contributed by atoms with Crippen molar-refractivity contribution in [1.29, 1.82) is 0 Å². The van der Waals surface area contributed by atoms with Gasteiger partial charge < -0.3 is 10.6 Å². The second-order valence-corrected chi connectivity index (χ2v) is 3.92. The fraction of sp³-hybridized carbons (Fsp3) is 0.333. The average Bonchev–Trinajstić information content (AvgIpc) is 2.58. The van der Waals surface area contributed by atoms with Gasteiger partial charge in [0.1, 0.15) is 6.04 Å². The van der Waals surface area contributed by atoms with Crippen molar-refractivity contribution in [3.8, 4) is 0 Å². The minimum absolute atomic E-state index is 0.0961. The first-order chi connectivity index (χ1) is 7.65. The van der Waals surface area contributed by atoms with Crippen molar-refractivity contribution in [2.24, 2.45) is 5.73 Å². The van der Waals surface area contributed by atoms with E-state index in [4.69, 9.17) is 5.73 Å². The van der Waals surface area contributed by atoms with Crippen LogP contribution in [-0.2, 0) is 11.3 Å². The summed E-state index contributed by atoms with van der Waals surface area (Å²) in [6, 6.07) is 6.90. The zero-order chi connectivity index (χ0) is 11.7. The van der Waals surface area contributed by atoms with Crippen molar-refractivity contribution in [1.82, 2.24) is 4.90 Å². The molecule has 4 heteroatoms. The Hall–Kier alpha value is -1.84. The van der Waals surface area contributed by atoms with Crippen molar-refractivity contribution < 1.29 is 9.59 Å². The van der Waals surface area contributed by atoms with Gasteiger partial charge in [0.25, 0.3) is 5.91 Å². The Morgan fingerprint density at radius 3 is 2.75 bits per heavy atom. The molecule has 1 aromatic rings. The normalized spacial score (nSPS) is 16.1. The van der Waals surface area contributed by atoms with Gasteiger partial charge in [0.15, 0.2) is 0 Å². The van der Waals surface area contributed by atoms with Gasteiger partial charge in [-0.2, -0.15) is 0 Å². The summed E-state index contributed by atoms with van der Waals surface area (Å²) in [5.41, 5.74) is 6.94. The maximum Gasteiger partial charge on any atom is 0.255 e. The lowest BCUT2D eigenvalue weighted by molar-refractivity contribution is -0.122. The molecule has 16 heavy (non-hydrogen) atoms. The molecule has 84 valence electrons. The van der Waals surface area contributed by atoms with E-state index < -0.39 is 11.9 Å². The second kappa shape index (κ2) is 3.96. The Balaban J connectivity index is 2.31. The van der Waals surface area contributed by atoms with Crippen LogP contribution in [0.15, 0.2) is 24.3 Å². The number of benzene rings is 1. The van der Waals surface area contributed by atoms with Gasteiger partial charge in [-0.25, -0.2) is 0 Å². The molecule has 0 bridgehead atoms. The molecule has 0 saturated carbocycles. The number of amides is 2. The van der Waals surface area contributed by atoms with Crippen LogP contribution in [0.2, 0.25) is 0 Å². The first kappa shape index (κ1) is 10.7. The lowest BCUT2D eigenvalue weighted by atomic mass is 10.1. The van der Waals surface area contributed by atoms with E-state index in [0.29, 0.717) is 18.5 Å². The van der Waals surface area contributed by atoms with Crippen LogP contribution in [0, 0.1) is 0 Å². The molecule has 2 N–H and O–H groups in total. The van der Waals surface area contributed by atoms with Crippen molar-refractivity contribution in [2.45, 2.75) is 25.9 Å². The van der Waals surface area contributed by atoms with Crippen LogP contribution in [-0.4, -0.2) is 22.8 Å². The Morgan fingerprint density at radius 1 is 1.50 bits per heavy atom. The Morgan fingerprint density at radius 2 is 2.19 bits per heavy atom. The molecule has 4 nitrogen and oxygen atoms in total. The molecule has 0 radical (unpaired) electrons. The van der Waals surface area contributed by atoms with Crippen molar-refractivity contribution in [3.63, 3.8) is 0 Å². The molecule has 0 spiro atoms. The SMILES string of the molecule is CCC(C(N)=O)N1Cc2ccccc2C1=O. The Kier molecular flexibility index (Phi) is 2.64. The standard InChI is InChI=1S/C12H14N2O2/c1-2-10(11(13)15)14-7-8-5-3-4-6-9(8)12(14)16/h3-6,10H,2,7H2,1H3,(H2,13,15). The van der Waals surface area contributed by atoms with E-state index in [-0.39, 0.29) is 5.91 Å². The number of fused-ring (bicyclic) bond motifs is 1. The molecule has 1 aliphatic heterocycles. The Labute approximate surface area is 94.0 Å². The highest BCUT2D eigenvalue weighted by molar-refractivity contribution is 6.00. The molecular weight excluding hydrogens is 204 g/mol. The molecule has 2 amide bonds. The summed E-state index contributed by atoms with van der Waals surface area (Å²) < 4.78 is 0. The van der Waals surface area contributed by atoms with Crippen LogP contribution in [0.1, 0.15) is 29.3 Å². The fourth-order valence-electron chi connectivity index (χ4n) is 2.10. The first-order valence-corrected chi connectivity index (χ1v) is 5.33. The van der Waals surface area contributed by atoms with Crippen molar-refractivity contribution >= 4 is 11.8 Å². The molecule has 1 aliphatic rings. The maximum absolute atomic E-state index is 12.0. The van der Waals surface area contributed by atoms with E-state index >= 15 is 0 Å². The molecular formula is C12H14N2O2. The van der Waals surface area contributed by atoms with Gasteiger partial charge in [0.05, 0.1) is 0 Å². The molecule has 1 heterocycles. The van der Waals surface area contributed by atoms with Crippen LogP contribution in [0.25, 0.3) is 0 Å². The number of primary amides is 1. The van der Waals surface area contributed by atoms with Crippen LogP contribution in [0.5, 0.6) is 0 Å². The number of carbonyl (C=O) groups is 2. The average molecular weight is 218 g/mol. The quantitative estimate of drug-likeness (QED) is 0.819. The van der Waals surface area contributed by atoms with E-state index in [0.717, 1.165) is 5.56 Å². The van der Waals surface area contributed by atoms with Gasteiger partial charge in [0.2, 0.25) is 5.91 Å². The molecule has 0 aliphatic carbocycles. The topological polar surface area (TPSA) is 63.4 Å². The van der Waals surface area contributed by atoms with Gasteiger partial charge >= 0.3 is 0 Å². The summed E-state index contributed by atoms with van der Waals surface area (Å²) >= 11 is 0. The second-order valence-electron chi connectivity index (χ2n) is 3.92. The molecule has 1 unspecified atom stereocenters. The highest BCUT2D eigenvalue weighted by atomic mass is 16.2. The summed E-state index contributed by atoms with van der Waals surface area (Å²) in [4.78, 5) is 24.8. The van der Waals surface area contributed by atoms with Crippen molar-refractivity contribution in [2.75, 3.05) is 0 Å². The van der Waals surface area contributed by atoms with Gasteiger partial charge in [-0.3, -0.25) is 9.59 Å². The van der Waals surface area contributed by atoms with Crippen LogP contribution in [0.4, 0.5) is 0 Å². The fourth-order valence-corrected chi connectivity index (χ4v) is 2.10. The minimum atomic E-state index is -0.500. The summed E-state index contributed by atoms with van der Waals surface area (Å²) in [6.07, 6.45) is 0.551. The molecule has 0 saturated heterocycles. The molecule has 0 fully saturated rings. The van der Waals surface area contributed by atoms with Crippen LogP contribution < -0.4 is 5.73 Å². The monoisotopic (exact) mass is 218 g/mol. The van der Waals surface area contributed by atoms with E-state index in [1.54, 1.807) is 11.0 Å². The number of hydrogen-bond donors (Lipinski definition) is 1. The molecule has 2 rings (SSSR count). The number of rotatable bonds is 3.